The van der Waals surface area contributed by atoms with Crippen molar-refractivity contribution in [2.45, 2.75) is 262 Å². The van der Waals surface area contributed by atoms with Gasteiger partial charge < -0.3 is 46.1 Å². The maximum atomic E-state index is 12.8. The Balaban J connectivity index is 0.0000348. The number of carbonyl (C=O) groups excluding carboxylic acids is 2. The van der Waals surface area contributed by atoms with E-state index in [0.717, 1.165) is 38.5 Å². The molecule has 15 heteroatoms. The van der Waals surface area contributed by atoms with Crippen molar-refractivity contribution in [2.75, 3.05) is 13.2 Å². The first-order chi connectivity index (χ1) is 28.4. The summed E-state index contributed by atoms with van der Waals surface area (Å²) < 4.78 is 33.6. The van der Waals surface area contributed by atoms with E-state index in [2.05, 4.69) is 13.8 Å². The number of esters is 2. The fourth-order valence-electron chi connectivity index (χ4n) is 7.58. The predicted molar refractivity (Wildman–Crippen MR) is 236 cm³/mol. The van der Waals surface area contributed by atoms with E-state index in [1.165, 1.54) is 141 Å². The van der Waals surface area contributed by atoms with Crippen molar-refractivity contribution in [1.29, 1.82) is 0 Å². The molecule has 60 heavy (non-hydrogen) atoms. The van der Waals surface area contributed by atoms with Crippen molar-refractivity contribution >= 4 is 19.8 Å². The number of phosphoric acid groups is 1. The molecular formula is C45H90NO13P. The first-order valence-electron chi connectivity index (χ1n) is 23.8. The Morgan fingerprint density at radius 2 is 0.767 bits per heavy atom. The zero-order valence-electron chi connectivity index (χ0n) is 37.8. The third kappa shape index (κ3) is 30.0. The first kappa shape index (κ1) is 58.8. The Hall–Kier alpha value is -1.19. The summed E-state index contributed by atoms with van der Waals surface area (Å²) in [6.07, 6.45) is 22.9. The summed E-state index contributed by atoms with van der Waals surface area (Å²) in [6.45, 7) is 3.33. The highest BCUT2D eigenvalue weighted by Gasteiger charge is 2.51. The molecule has 6 unspecified atom stereocenters. The van der Waals surface area contributed by atoms with Crippen LogP contribution in [0.2, 0.25) is 0 Å². The second-order valence-corrected chi connectivity index (χ2v) is 18.4. The highest BCUT2D eigenvalue weighted by atomic mass is 31.2. The van der Waals surface area contributed by atoms with Crippen molar-refractivity contribution in [3.8, 4) is 0 Å². The van der Waals surface area contributed by atoms with Gasteiger partial charge in [0.25, 0.3) is 0 Å². The van der Waals surface area contributed by atoms with Crippen LogP contribution in [0.4, 0.5) is 0 Å². The van der Waals surface area contributed by atoms with E-state index in [1.54, 1.807) is 0 Å². The van der Waals surface area contributed by atoms with E-state index in [4.69, 9.17) is 18.5 Å². The highest BCUT2D eigenvalue weighted by Crippen LogP contribution is 2.47. The van der Waals surface area contributed by atoms with E-state index in [-0.39, 0.29) is 19.0 Å². The lowest BCUT2D eigenvalue weighted by molar-refractivity contribution is -0.220. The molecule has 0 aliphatic heterocycles. The molecule has 0 radical (unpaired) electrons. The van der Waals surface area contributed by atoms with Gasteiger partial charge in [-0.25, -0.2) is 4.57 Å². The van der Waals surface area contributed by atoms with Crippen LogP contribution in [0.25, 0.3) is 0 Å². The quantitative estimate of drug-likeness (QED) is 0.0172. The molecule has 14 nitrogen and oxygen atoms in total. The molecule has 0 bridgehead atoms. The summed E-state index contributed by atoms with van der Waals surface area (Å²) in [7, 11) is -5.11. The smallest absolute Gasteiger partial charge is 0.462 e. The fraction of sp³-hybridized carbons (Fsp3) is 0.956. The van der Waals surface area contributed by atoms with Gasteiger partial charge in [-0.2, -0.15) is 0 Å². The molecular weight excluding hydrogens is 793 g/mol. The van der Waals surface area contributed by atoms with Crippen LogP contribution < -0.4 is 6.15 Å². The largest absolute Gasteiger partial charge is 0.472 e. The molecule has 1 saturated carbocycles. The molecule has 0 amide bonds. The fourth-order valence-corrected chi connectivity index (χ4v) is 8.56. The molecule has 9 N–H and O–H groups in total. The second-order valence-electron chi connectivity index (χ2n) is 17.0. The van der Waals surface area contributed by atoms with Gasteiger partial charge in [0.2, 0.25) is 0 Å². The SMILES string of the molecule is CCCCCCCCCCCCCCCCCC(=O)OCC(COP(=O)(O)OC1C(O)C(O)C(O)C(O)C1O)OC(=O)CCCCCCCCCCCCCCCCC.N. The predicted octanol–water partition coefficient (Wildman–Crippen LogP) is 9.45. The number of hydrogen-bond acceptors (Lipinski definition) is 13. The van der Waals surface area contributed by atoms with Crippen LogP contribution in [0.3, 0.4) is 0 Å². The van der Waals surface area contributed by atoms with Gasteiger partial charge in [-0.3, -0.25) is 18.6 Å². The summed E-state index contributed by atoms with van der Waals surface area (Å²) in [6, 6.07) is 0. The van der Waals surface area contributed by atoms with Crippen LogP contribution in [0, 0.1) is 0 Å². The summed E-state index contributed by atoms with van der Waals surface area (Å²) in [5, 5.41) is 50.1. The zero-order valence-corrected chi connectivity index (χ0v) is 38.7. The summed E-state index contributed by atoms with van der Waals surface area (Å²) >= 11 is 0. The number of hydrogen-bond donors (Lipinski definition) is 7. The van der Waals surface area contributed by atoms with Crippen LogP contribution in [0.15, 0.2) is 0 Å². The Bertz CT molecular complexity index is 1060. The molecule has 358 valence electrons. The summed E-state index contributed by atoms with van der Waals surface area (Å²) in [5.41, 5.74) is 0. The van der Waals surface area contributed by atoms with Gasteiger partial charge in [0.15, 0.2) is 6.10 Å². The van der Waals surface area contributed by atoms with Crippen LogP contribution in [-0.4, -0.2) is 98.3 Å². The third-order valence-electron chi connectivity index (χ3n) is 11.4. The second kappa shape index (κ2) is 38.3. The minimum absolute atomic E-state index is 0. The minimum Gasteiger partial charge on any atom is -0.462 e. The molecule has 6 atom stereocenters. The Morgan fingerprint density at radius 3 is 1.12 bits per heavy atom. The molecule has 1 aliphatic rings. The number of rotatable bonds is 40. The number of unbranched alkanes of at least 4 members (excludes halogenated alkanes) is 28. The van der Waals surface area contributed by atoms with E-state index >= 15 is 0 Å². The number of phosphoric ester groups is 1. The standard InChI is InChI=1S/C45H87O13P.H3N/c1-3-5-7-9-11-13-15-17-19-21-23-25-27-29-31-33-38(46)55-35-37(36-56-59(53,54)58-45-43(51)41(49)40(48)42(50)44(45)52)57-39(47)34-32-30-28-26-24-22-20-18-16-14-12-10-8-6-4-2;/h37,40-45,48-52H,3-36H2,1-2H3,(H,53,54);1H3. The normalized spacial score (nSPS) is 21.9. The van der Waals surface area contributed by atoms with Crippen LogP contribution >= 0.6 is 7.82 Å². The van der Waals surface area contributed by atoms with Crippen molar-refractivity contribution in [1.82, 2.24) is 6.15 Å². The maximum absolute atomic E-state index is 12.8. The van der Waals surface area contributed by atoms with Gasteiger partial charge in [0.05, 0.1) is 6.61 Å². The molecule has 0 aromatic heterocycles. The van der Waals surface area contributed by atoms with E-state index in [1.807, 2.05) is 0 Å². The summed E-state index contributed by atoms with van der Waals surface area (Å²) in [4.78, 5) is 35.7. The van der Waals surface area contributed by atoms with E-state index in [0.29, 0.717) is 12.8 Å². The zero-order chi connectivity index (χ0) is 43.6. The van der Waals surface area contributed by atoms with Crippen LogP contribution in [0.1, 0.15) is 219 Å². The number of ether oxygens (including phenoxy) is 2. The van der Waals surface area contributed by atoms with Crippen molar-refractivity contribution in [3.05, 3.63) is 0 Å². The Kier molecular flexibility index (Phi) is 37.5. The Labute approximate surface area is 363 Å². The topological polar surface area (TPSA) is 245 Å². The average Bonchev–Trinajstić information content (AvgIpc) is 3.21. The first-order valence-corrected chi connectivity index (χ1v) is 25.3. The molecule has 0 saturated heterocycles. The van der Waals surface area contributed by atoms with Crippen molar-refractivity contribution in [2.24, 2.45) is 0 Å². The molecule has 1 rings (SSSR count). The third-order valence-corrected chi connectivity index (χ3v) is 12.4. The highest BCUT2D eigenvalue weighted by molar-refractivity contribution is 7.47. The van der Waals surface area contributed by atoms with Crippen molar-refractivity contribution in [3.63, 3.8) is 0 Å². The molecule has 0 spiro atoms. The molecule has 0 aromatic carbocycles. The van der Waals surface area contributed by atoms with Gasteiger partial charge in [-0.1, -0.05) is 194 Å². The lowest BCUT2D eigenvalue weighted by atomic mass is 9.85. The van der Waals surface area contributed by atoms with Gasteiger partial charge >= 0.3 is 19.8 Å². The number of aliphatic hydroxyl groups is 5. The molecule has 1 fully saturated rings. The van der Waals surface area contributed by atoms with E-state index in [9.17, 15) is 44.6 Å². The molecule has 1 aliphatic carbocycles. The maximum Gasteiger partial charge on any atom is 0.472 e. The molecule has 0 heterocycles. The van der Waals surface area contributed by atoms with Gasteiger partial charge in [-0.15, -0.1) is 0 Å². The van der Waals surface area contributed by atoms with Gasteiger partial charge in [0, 0.05) is 12.8 Å². The van der Waals surface area contributed by atoms with Crippen molar-refractivity contribution < 1.29 is 63.1 Å². The van der Waals surface area contributed by atoms with Crippen LogP contribution in [0.5, 0.6) is 0 Å². The Morgan fingerprint density at radius 1 is 0.467 bits per heavy atom. The average molecular weight is 884 g/mol. The lowest BCUT2D eigenvalue weighted by Crippen LogP contribution is -2.64. The van der Waals surface area contributed by atoms with E-state index < -0.39 is 75.7 Å². The van der Waals surface area contributed by atoms with Crippen LogP contribution in [-0.2, 0) is 32.7 Å². The lowest BCUT2D eigenvalue weighted by Gasteiger charge is -2.41. The molecule has 0 aromatic rings. The van der Waals surface area contributed by atoms with Gasteiger partial charge in [0.1, 0.15) is 43.2 Å². The number of aliphatic hydroxyl groups excluding tert-OH is 5. The number of carbonyl (C=O) groups is 2. The summed E-state index contributed by atoms with van der Waals surface area (Å²) in [5.74, 6) is -1.08. The minimum atomic E-state index is -5.11. The van der Waals surface area contributed by atoms with Gasteiger partial charge in [-0.05, 0) is 12.8 Å². The monoisotopic (exact) mass is 884 g/mol.